The number of benzene rings is 1. The molecule has 64 valence electrons. The van der Waals surface area contributed by atoms with Gasteiger partial charge in [-0.05, 0) is 18.1 Å². The predicted octanol–water partition coefficient (Wildman–Crippen LogP) is 3.06. The summed E-state index contributed by atoms with van der Waals surface area (Å²) in [4.78, 5) is 0. The fourth-order valence-corrected chi connectivity index (χ4v) is 2.04. The average molecular weight is 169 g/mol. The van der Waals surface area contributed by atoms with Crippen molar-refractivity contribution in [1.82, 2.24) is 4.57 Å². The third-order valence-electron chi connectivity index (χ3n) is 2.65. The van der Waals surface area contributed by atoms with Gasteiger partial charge in [0.2, 0.25) is 0 Å². The van der Waals surface area contributed by atoms with Crippen LogP contribution in [-0.4, -0.2) is 4.57 Å². The molecule has 0 bridgehead atoms. The van der Waals surface area contributed by atoms with E-state index in [0.29, 0.717) is 0 Å². The largest absolute Gasteiger partial charge is 0.347 e. The molecule has 0 spiro atoms. The molecule has 2 aromatic rings. The zero-order chi connectivity index (χ0) is 8.67. The molecule has 1 aliphatic rings. The standard InChI is InChI=1S/C12H11N/c1-2-8-13-9-7-11-6-3-5-10(4-1)12(11)13/h1,3-7,9H,2,8H2. The summed E-state index contributed by atoms with van der Waals surface area (Å²) in [6, 6.07) is 8.67. The van der Waals surface area contributed by atoms with Crippen molar-refractivity contribution in [3.8, 4) is 0 Å². The first-order valence-corrected chi connectivity index (χ1v) is 4.69. The van der Waals surface area contributed by atoms with Gasteiger partial charge in [0.05, 0.1) is 5.52 Å². The zero-order valence-electron chi connectivity index (χ0n) is 7.40. The Bertz CT molecular complexity index is 477. The fraction of sp³-hybridized carbons (Fsp3) is 0.167. The molecule has 1 aromatic carbocycles. The van der Waals surface area contributed by atoms with E-state index in [0.717, 1.165) is 13.0 Å². The molecule has 0 radical (unpaired) electrons. The van der Waals surface area contributed by atoms with Gasteiger partial charge in [0, 0.05) is 18.1 Å². The maximum atomic E-state index is 2.34. The monoisotopic (exact) mass is 169 g/mol. The highest BCUT2D eigenvalue weighted by molar-refractivity contribution is 5.88. The van der Waals surface area contributed by atoms with Gasteiger partial charge in [-0.15, -0.1) is 0 Å². The van der Waals surface area contributed by atoms with E-state index in [2.05, 4.69) is 47.2 Å². The normalized spacial score (nSPS) is 14.8. The maximum Gasteiger partial charge on any atom is 0.0553 e. The number of hydrogen-bond acceptors (Lipinski definition) is 0. The number of allylic oxidation sites excluding steroid dienone is 1. The van der Waals surface area contributed by atoms with Gasteiger partial charge in [-0.1, -0.05) is 30.4 Å². The van der Waals surface area contributed by atoms with Gasteiger partial charge in [-0.25, -0.2) is 0 Å². The van der Waals surface area contributed by atoms with E-state index in [1.807, 2.05) is 0 Å². The van der Waals surface area contributed by atoms with Gasteiger partial charge in [0.1, 0.15) is 0 Å². The smallest absolute Gasteiger partial charge is 0.0553 e. The second-order valence-electron chi connectivity index (χ2n) is 3.49. The third-order valence-corrected chi connectivity index (χ3v) is 2.65. The molecule has 0 saturated heterocycles. The van der Waals surface area contributed by atoms with E-state index in [-0.39, 0.29) is 0 Å². The molecule has 1 aliphatic heterocycles. The quantitative estimate of drug-likeness (QED) is 0.571. The van der Waals surface area contributed by atoms with Crippen LogP contribution in [0.2, 0.25) is 0 Å². The molecule has 1 heteroatoms. The van der Waals surface area contributed by atoms with E-state index < -0.39 is 0 Å². The minimum Gasteiger partial charge on any atom is -0.347 e. The molecule has 1 aromatic heterocycles. The molecule has 13 heavy (non-hydrogen) atoms. The van der Waals surface area contributed by atoms with Crippen molar-refractivity contribution in [3.05, 3.63) is 42.1 Å². The van der Waals surface area contributed by atoms with E-state index in [9.17, 15) is 0 Å². The molecule has 0 atom stereocenters. The number of nitrogens with zero attached hydrogens (tertiary/aromatic N) is 1. The molecule has 0 saturated carbocycles. The van der Waals surface area contributed by atoms with Crippen LogP contribution >= 0.6 is 0 Å². The van der Waals surface area contributed by atoms with Crippen LogP contribution in [0.1, 0.15) is 12.0 Å². The van der Waals surface area contributed by atoms with Crippen molar-refractivity contribution < 1.29 is 0 Å². The summed E-state index contributed by atoms with van der Waals surface area (Å²) in [5, 5.41) is 1.35. The lowest BCUT2D eigenvalue weighted by molar-refractivity contribution is 0.743. The summed E-state index contributed by atoms with van der Waals surface area (Å²) >= 11 is 0. The Kier molecular flexibility index (Phi) is 1.33. The van der Waals surface area contributed by atoms with Crippen molar-refractivity contribution in [3.63, 3.8) is 0 Å². The fourth-order valence-electron chi connectivity index (χ4n) is 2.04. The minimum atomic E-state index is 1.11. The van der Waals surface area contributed by atoms with Crippen LogP contribution in [0.25, 0.3) is 17.0 Å². The summed E-state index contributed by atoms with van der Waals surface area (Å²) in [5.74, 6) is 0. The lowest BCUT2D eigenvalue weighted by atomic mass is 10.1. The first kappa shape index (κ1) is 6.96. The van der Waals surface area contributed by atoms with Crippen LogP contribution < -0.4 is 0 Å². The second kappa shape index (κ2) is 2.49. The van der Waals surface area contributed by atoms with Crippen LogP contribution in [-0.2, 0) is 6.54 Å². The molecule has 0 unspecified atom stereocenters. The highest BCUT2D eigenvalue weighted by Gasteiger charge is 2.05. The molecule has 0 N–H and O–H groups in total. The summed E-state index contributed by atoms with van der Waals surface area (Å²) in [6.07, 6.45) is 7.80. The Morgan fingerprint density at radius 2 is 2.15 bits per heavy atom. The Hall–Kier alpha value is -1.50. The van der Waals surface area contributed by atoms with Crippen molar-refractivity contribution >= 4 is 17.0 Å². The lowest BCUT2D eigenvalue weighted by Crippen LogP contribution is -1.93. The van der Waals surface area contributed by atoms with Crippen LogP contribution in [0.15, 0.2) is 36.5 Å². The average Bonchev–Trinajstić information content (AvgIpc) is 2.44. The number of aryl methyl sites for hydroxylation is 1. The van der Waals surface area contributed by atoms with Gasteiger partial charge in [-0.2, -0.15) is 0 Å². The minimum absolute atomic E-state index is 1.11. The molecule has 0 fully saturated rings. The van der Waals surface area contributed by atoms with E-state index in [4.69, 9.17) is 0 Å². The number of hydrogen-bond donors (Lipinski definition) is 0. The van der Waals surface area contributed by atoms with Gasteiger partial charge in [0.25, 0.3) is 0 Å². The number of para-hydroxylation sites is 1. The first-order chi connectivity index (χ1) is 6.45. The molecular weight excluding hydrogens is 158 g/mol. The van der Waals surface area contributed by atoms with Crippen LogP contribution in [0, 0.1) is 0 Å². The van der Waals surface area contributed by atoms with E-state index in [1.165, 1.54) is 16.5 Å². The number of rotatable bonds is 0. The van der Waals surface area contributed by atoms with Crippen molar-refractivity contribution in [1.29, 1.82) is 0 Å². The van der Waals surface area contributed by atoms with Crippen molar-refractivity contribution in [2.24, 2.45) is 0 Å². The first-order valence-electron chi connectivity index (χ1n) is 4.69. The highest BCUT2D eigenvalue weighted by atomic mass is 15.0. The molecule has 0 aliphatic carbocycles. The predicted molar refractivity (Wildman–Crippen MR) is 55.6 cm³/mol. The Morgan fingerprint density at radius 1 is 1.15 bits per heavy atom. The van der Waals surface area contributed by atoms with Gasteiger partial charge in [-0.3, -0.25) is 0 Å². The van der Waals surface area contributed by atoms with Gasteiger partial charge >= 0.3 is 0 Å². The van der Waals surface area contributed by atoms with Crippen LogP contribution in [0.3, 0.4) is 0 Å². The molecule has 0 amide bonds. The van der Waals surface area contributed by atoms with E-state index in [1.54, 1.807) is 0 Å². The summed E-state index contributed by atoms with van der Waals surface area (Å²) in [6.45, 7) is 1.11. The van der Waals surface area contributed by atoms with Crippen molar-refractivity contribution in [2.75, 3.05) is 0 Å². The summed E-state index contributed by atoms with van der Waals surface area (Å²) < 4.78 is 2.34. The Balaban J connectivity index is 2.48. The molecule has 1 nitrogen and oxygen atoms in total. The molecule has 3 rings (SSSR count). The zero-order valence-corrected chi connectivity index (χ0v) is 7.40. The van der Waals surface area contributed by atoms with Crippen LogP contribution in [0.5, 0.6) is 0 Å². The van der Waals surface area contributed by atoms with Gasteiger partial charge < -0.3 is 4.57 Å². The van der Waals surface area contributed by atoms with Crippen molar-refractivity contribution in [2.45, 2.75) is 13.0 Å². The molecule has 2 heterocycles. The summed E-state index contributed by atoms with van der Waals surface area (Å²) in [7, 11) is 0. The summed E-state index contributed by atoms with van der Waals surface area (Å²) in [5.41, 5.74) is 2.73. The molecular formula is C12H11N. The van der Waals surface area contributed by atoms with E-state index >= 15 is 0 Å². The highest BCUT2D eigenvalue weighted by Crippen LogP contribution is 2.23. The Morgan fingerprint density at radius 3 is 3.15 bits per heavy atom. The Labute approximate surface area is 77.3 Å². The number of aromatic nitrogens is 1. The third kappa shape index (κ3) is 0.934. The van der Waals surface area contributed by atoms with Crippen LogP contribution in [0.4, 0.5) is 0 Å². The maximum absolute atomic E-state index is 2.34. The topological polar surface area (TPSA) is 4.93 Å². The SMILES string of the molecule is C1=Cc2cccc3ccn(c23)CC1. The second-order valence-corrected chi connectivity index (χ2v) is 3.49. The lowest BCUT2D eigenvalue weighted by Gasteiger charge is -2.02. The van der Waals surface area contributed by atoms with Gasteiger partial charge in [0.15, 0.2) is 0 Å².